The average molecular weight is 382 g/mol. The number of carbonyl (C=O) groups excluding carboxylic acids is 1. The highest BCUT2D eigenvalue weighted by Crippen LogP contribution is 2.29. The molecule has 0 heterocycles. The lowest BCUT2D eigenvalue weighted by Crippen LogP contribution is -2.14. The van der Waals surface area contributed by atoms with Crippen molar-refractivity contribution in [3.8, 4) is 17.6 Å². The van der Waals surface area contributed by atoms with Crippen LogP contribution in [0.1, 0.15) is 31.7 Å². The molecule has 6 heteroatoms. The van der Waals surface area contributed by atoms with Crippen LogP contribution in [0, 0.1) is 17.1 Å². The van der Waals surface area contributed by atoms with Gasteiger partial charge in [-0.25, -0.2) is 4.39 Å². The Labute approximate surface area is 164 Å². The molecule has 0 bridgehead atoms. The number of para-hydroxylation sites is 1. The van der Waals surface area contributed by atoms with Crippen LogP contribution in [0.25, 0.3) is 6.08 Å². The number of halogens is 1. The van der Waals surface area contributed by atoms with Gasteiger partial charge < -0.3 is 14.8 Å². The summed E-state index contributed by atoms with van der Waals surface area (Å²) in [6.07, 6.45) is 4.57. The molecule has 1 N–H and O–H groups in total. The molecule has 0 saturated heterocycles. The van der Waals surface area contributed by atoms with Crippen LogP contribution in [0.4, 0.5) is 10.1 Å². The zero-order valence-corrected chi connectivity index (χ0v) is 16.0. The van der Waals surface area contributed by atoms with Crippen molar-refractivity contribution in [3.05, 3.63) is 59.4 Å². The van der Waals surface area contributed by atoms with E-state index in [1.807, 2.05) is 6.07 Å². The van der Waals surface area contributed by atoms with Crippen molar-refractivity contribution in [2.75, 3.05) is 19.0 Å². The molecule has 2 aromatic rings. The first-order valence-electron chi connectivity index (χ1n) is 9.07. The number of unbranched alkanes of at least 4 members (excludes halogenated alkanes) is 2. The van der Waals surface area contributed by atoms with Crippen molar-refractivity contribution < 1.29 is 18.7 Å². The molecule has 5 nitrogen and oxygen atoms in total. The van der Waals surface area contributed by atoms with Gasteiger partial charge in [0.2, 0.25) is 0 Å². The normalized spacial score (nSPS) is 10.9. The fraction of sp³-hybridized carbons (Fsp3) is 0.273. The summed E-state index contributed by atoms with van der Waals surface area (Å²) in [5.74, 6) is -0.145. The first-order chi connectivity index (χ1) is 13.6. The molecule has 0 aliphatic carbocycles. The molecule has 0 spiro atoms. The highest BCUT2D eigenvalue weighted by Gasteiger charge is 2.13. The number of carbonyl (C=O) groups is 1. The predicted octanol–water partition coefficient (Wildman–Crippen LogP) is 4.95. The lowest BCUT2D eigenvalue weighted by atomic mass is 10.1. The highest BCUT2D eigenvalue weighted by atomic mass is 19.1. The Balaban J connectivity index is 2.15. The summed E-state index contributed by atoms with van der Waals surface area (Å²) in [5.41, 5.74) is 0.460. The summed E-state index contributed by atoms with van der Waals surface area (Å²) in [5, 5.41) is 11.7. The Hall–Kier alpha value is -3.33. The second-order valence-electron chi connectivity index (χ2n) is 6.07. The van der Waals surface area contributed by atoms with E-state index in [1.165, 1.54) is 31.4 Å². The van der Waals surface area contributed by atoms with Gasteiger partial charge in [-0.3, -0.25) is 4.79 Å². The number of hydrogen-bond acceptors (Lipinski definition) is 4. The first-order valence-corrected chi connectivity index (χ1v) is 9.07. The topological polar surface area (TPSA) is 71.3 Å². The van der Waals surface area contributed by atoms with Crippen molar-refractivity contribution in [2.24, 2.45) is 0 Å². The molecule has 0 aromatic heterocycles. The summed E-state index contributed by atoms with van der Waals surface area (Å²) < 4.78 is 24.8. The first kappa shape index (κ1) is 21.0. The number of nitrogens with one attached hydrogen (secondary N) is 1. The third-order valence-electron chi connectivity index (χ3n) is 3.99. The summed E-state index contributed by atoms with van der Waals surface area (Å²) in [4.78, 5) is 12.3. The molecule has 0 atom stereocenters. The van der Waals surface area contributed by atoms with Crippen LogP contribution in [-0.4, -0.2) is 19.6 Å². The quantitative estimate of drug-likeness (QED) is 0.378. The van der Waals surface area contributed by atoms with Crippen LogP contribution in [0.15, 0.2) is 48.0 Å². The Morgan fingerprint density at radius 2 is 2.00 bits per heavy atom. The van der Waals surface area contributed by atoms with E-state index in [2.05, 4.69) is 12.2 Å². The molecule has 146 valence electrons. The molecular formula is C22H23FN2O3. The van der Waals surface area contributed by atoms with Gasteiger partial charge in [0.15, 0.2) is 11.5 Å². The van der Waals surface area contributed by atoms with E-state index < -0.39 is 11.7 Å². The lowest BCUT2D eigenvalue weighted by Gasteiger charge is -2.11. The van der Waals surface area contributed by atoms with Crippen LogP contribution >= 0.6 is 0 Å². The number of rotatable bonds is 9. The standard InChI is InChI=1S/C22H23FN2O3/c1-3-4-7-12-28-20-11-10-16(14-21(20)27-2)13-17(15-24)22(26)25-19-9-6-5-8-18(19)23/h5-6,8-11,13-14H,3-4,7,12H2,1-2H3,(H,25,26)/b17-13-. The van der Waals surface area contributed by atoms with Crippen LogP contribution in [0.3, 0.4) is 0 Å². The van der Waals surface area contributed by atoms with Crippen molar-refractivity contribution >= 4 is 17.7 Å². The fourth-order valence-electron chi connectivity index (χ4n) is 2.49. The number of hydrogen-bond donors (Lipinski definition) is 1. The lowest BCUT2D eigenvalue weighted by molar-refractivity contribution is -0.112. The van der Waals surface area contributed by atoms with Gasteiger partial charge in [0, 0.05) is 0 Å². The van der Waals surface area contributed by atoms with E-state index in [-0.39, 0.29) is 11.3 Å². The molecule has 28 heavy (non-hydrogen) atoms. The van der Waals surface area contributed by atoms with Crippen LogP contribution < -0.4 is 14.8 Å². The molecule has 0 aliphatic rings. The van der Waals surface area contributed by atoms with Gasteiger partial charge >= 0.3 is 0 Å². The molecule has 0 saturated carbocycles. The third-order valence-corrected chi connectivity index (χ3v) is 3.99. The zero-order chi connectivity index (χ0) is 20.4. The molecule has 0 radical (unpaired) electrons. The number of benzene rings is 2. The molecule has 2 aromatic carbocycles. The maximum Gasteiger partial charge on any atom is 0.266 e. The zero-order valence-electron chi connectivity index (χ0n) is 16.0. The maximum atomic E-state index is 13.7. The van der Waals surface area contributed by atoms with Gasteiger partial charge in [0.1, 0.15) is 17.5 Å². The highest BCUT2D eigenvalue weighted by molar-refractivity contribution is 6.09. The summed E-state index contributed by atoms with van der Waals surface area (Å²) in [6.45, 7) is 2.71. The number of amides is 1. The van der Waals surface area contributed by atoms with Gasteiger partial charge in [-0.2, -0.15) is 5.26 Å². The van der Waals surface area contributed by atoms with Crippen LogP contribution in [-0.2, 0) is 4.79 Å². The van der Waals surface area contributed by atoms with Crippen LogP contribution in [0.2, 0.25) is 0 Å². The fourth-order valence-corrected chi connectivity index (χ4v) is 2.49. The van der Waals surface area contributed by atoms with E-state index >= 15 is 0 Å². The van der Waals surface area contributed by atoms with Crippen molar-refractivity contribution in [3.63, 3.8) is 0 Å². The van der Waals surface area contributed by atoms with Crippen LogP contribution in [0.5, 0.6) is 11.5 Å². The van der Waals surface area contributed by atoms with Crippen molar-refractivity contribution in [1.82, 2.24) is 0 Å². The minimum Gasteiger partial charge on any atom is -0.493 e. The van der Waals surface area contributed by atoms with E-state index in [0.717, 1.165) is 19.3 Å². The number of ether oxygens (including phenoxy) is 2. The summed E-state index contributed by atoms with van der Waals surface area (Å²) in [6, 6.07) is 12.8. The van der Waals surface area contributed by atoms with Gasteiger partial charge in [-0.15, -0.1) is 0 Å². The molecule has 0 aliphatic heterocycles. The molecule has 0 unspecified atom stereocenters. The van der Waals surface area contributed by atoms with E-state index in [1.54, 1.807) is 24.3 Å². The molecule has 1 amide bonds. The Kier molecular flexibility index (Phi) is 8.04. The number of nitriles is 1. The Bertz CT molecular complexity index is 888. The second-order valence-corrected chi connectivity index (χ2v) is 6.07. The van der Waals surface area contributed by atoms with Gasteiger partial charge in [-0.05, 0) is 42.3 Å². The van der Waals surface area contributed by atoms with Crippen molar-refractivity contribution in [1.29, 1.82) is 5.26 Å². The van der Waals surface area contributed by atoms with Gasteiger partial charge in [0.25, 0.3) is 5.91 Å². The largest absolute Gasteiger partial charge is 0.493 e. The minimum atomic E-state index is -0.688. The van der Waals surface area contributed by atoms with E-state index in [4.69, 9.17) is 9.47 Å². The van der Waals surface area contributed by atoms with E-state index in [0.29, 0.717) is 23.7 Å². The smallest absolute Gasteiger partial charge is 0.266 e. The number of nitrogens with zero attached hydrogens (tertiary/aromatic N) is 1. The molecule has 2 rings (SSSR count). The predicted molar refractivity (Wildman–Crippen MR) is 107 cm³/mol. The second kappa shape index (κ2) is 10.7. The van der Waals surface area contributed by atoms with Gasteiger partial charge in [-0.1, -0.05) is 38.0 Å². The van der Waals surface area contributed by atoms with Gasteiger partial charge in [0.05, 0.1) is 19.4 Å². The maximum absolute atomic E-state index is 13.7. The molecular weight excluding hydrogens is 359 g/mol. The molecule has 0 fully saturated rings. The monoisotopic (exact) mass is 382 g/mol. The third kappa shape index (κ3) is 5.85. The number of anilines is 1. The van der Waals surface area contributed by atoms with Crippen molar-refractivity contribution in [2.45, 2.75) is 26.2 Å². The minimum absolute atomic E-state index is 0.0158. The Morgan fingerprint density at radius 1 is 1.21 bits per heavy atom. The summed E-state index contributed by atoms with van der Waals surface area (Å²) >= 11 is 0. The Morgan fingerprint density at radius 3 is 2.68 bits per heavy atom. The average Bonchev–Trinajstić information content (AvgIpc) is 2.71. The number of methoxy groups -OCH3 is 1. The summed E-state index contributed by atoms with van der Waals surface area (Å²) in [7, 11) is 1.53. The van der Waals surface area contributed by atoms with E-state index in [9.17, 15) is 14.4 Å². The SMILES string of the molecule is CCCCCOc1ccc(/C=C(/C#N)C(=O)Nc2ccccc2F)cc1OC.